The summed E-state index contributed by atoms with van der Waals surface area (Å²) < 4.78 is 11.6. The maximum atomic E-state index is 6.51. The van der Waals surface area contributed by atoms with Crippen LogP contribution in [0.25, 0.3) is 152 Å². The van der Waals surface area contributed by atoms with Crippen LogP contribution in [0.2, 0.25) is 0 Å². The molecule has 5 heteroatoms. The zero-order valence-electron chi connectivity index (χ0n) is 42.7. The van der Waals surface area contributed by atoms with E-state index in [1.807, 2.05) is 22.7 Å². The lowest BCUT2D eigenvalue weighted by Crippen LogP contribution is -1.85. The molecule has 15 aromatic rings. The fourth-order valence-corrected chi connectivity index (χ4v) is 14.0. The van der Waals surface area contributed by atoms with E-state index in [-0.39, 0.29) is 0 Å². The number of benzene rings is 12. The second-order valence-corrected chi connectivity index (χ2v) is 22.1. The van der Waals surface area contributed by atoms with Crippen LogP contribution in [0.3, 0.4) is 0 Å². The zero-order valence-corrected chi connectivity index (χ0v) is 44.3. The van der Waals surface area contributed by atoms with E-state index < -0.39 is 0 Å². The largest absolute Gasteiger partial charge is 0.416 e. The minimum Gasteiger partial charge on any atom is -0.416 e. The minimum atomic E-state index is 0.475. The first-order chi connectivity index (χ1) is 39.1. The van der Waals surface area contributed by atoms with Crippen molar-refractivity contribution in [3.63, 3.8) is 0 Å². The third-order valence-electron chi connectivity index (χ3n) is 15.3. The molecule has 0 amide bonds. The summed E-state index contributed by atoms with van der Waals surface area (Å²) in [4.78, 5) is 0. The molecule has 0 bridgehead atoms. The van der Waals surface area contributed by atoms with Crippen LogP contribution in [0.15, 0.2) is 283 Å². The van der Waals surface area contributed by atoms with Crippen LogP contribution in [0.1, 0.15) is 0 Å². The fraction of sp³-hybridized carbons (Fsp3) is 0. The van der Waals surface area contributed by atoms with E-state index in [2.05, 4.69) is 289 Å². The van der Waals surface area contributed by atoms with Crippen molar-refractivity contribution in [1.82, 2.24) is 10.2 Å². The molecule has 0 aliphatic rings. The van der Waals surface area contributed by atoms with E-state index in [1.165, 1.54) is 118 Å². The minimum absolute atomic E-state index is 0.475. The molecule has 3 aromatic heterocycles. The van der Waals surface area contributed by atoms with Crippen LogP contribution < -0.4 is 0 Å². The van der Waals surface area contributed by atoms with Crippen LogP contribution in [-0.4, -0.2) is 10.2 Å². The highest BCUT2D eigenvalue weighted by Gasteiger charge is 2.21. The highest BCUT2D eigenvalue weighted by Crippen LogP contribution is 2.50. The van der Waals surface area contributed by atoms with Gasteiger partial charge in [-0.25, -0.2) is 0 Å². The van der Waals surface area contributed by atoms with E-state index in [4.69, 9.17) is 4.42 Å². The Bertz CT molecular complexity index is 4400. The number of fused-ring (bicyclic) bond motifs is 6. The van der Waals surface area contributed by atoms with Gasteiger partial charge in [0.15, 0.2) is 0 Å². The van der Waals surface area contributed by atoms with Crippen LogP contribution >= 0.6 is 22.7 Å². The summed E-state index contributed by atoms with van der Waals surface area (Å²) in [6, 6.07) is 101. The Morgan fingerprint density at radius 3 is 0.671 bits per heavy atom. The molecule has 0 fully saturated rings. The number of thiophene rings is 2. The maximum Gasteiger partial charge on any atom is 0.248 e. The van der Waals surface area contributed by atoms with Crippen molar-refractivity contribution in [3.05, 3.63) is 279 Å². The van der Waals surface area contributed by atoms with Gasteiger partial charge in [-0.1, -0.05) is 206 Å². The molecule has 3 heterocycles. The SMILES string of the molecule is c1ccc(-c2cc(-c3ccccc3)c3sc4c(-c5ccc(-c6nnc(-c7ccc(-c8cc(-c9ccccc9)cc9c8sc8c(-c%10ccccc%10)cc(-c%10ccccc%10)cc89)cc7)o6)cc5)cc(-c5ccccc5)cc4c3c2)cc1. The normalized spacial score (nSPS) is 11.5. The third-order valence-corrected chi connectivity index (χ3v) is 17.8. The van der Waals surface area contributed by atoms with E-state index in [0.29, 0.717) is 11.8 Å². The summed E-state index contributed by atoms with van der Waals surface area (Å²) >= 11 is 3.75. The van der Waals surface area contributed by atoms with Crippen molar-refractivity contribution in [3.8, 4) is 112 Å². The molecule has 0 radical (unpaired) electrons. The average Bonchev–Trinajstić information content (AvgIpc) is 4.32. The Balaban J connectivity index is 0.797. The molecule has 0 unspecified atom stereocenters. The second kappa shape index (κ2) is 19.7. The molecule has 0 saturated carbocycles. The number of rotatable bonds is 10. The van der Waals surface area contributed by atoms with Crippen LogP contribution in [0, 0.1) is 0 Å². The number of aromatic nitrogens is 2. The molecule has 79 heavy (non-hydrogen) atoms. The van der Waals surface area contributed by atoms with Gasteiger partial charge in [0.25, 0.3) is 0 Å². The van der Waals surface area contributed by atoms with Gasteiger partial charge in [-0.2, -0.15) is 0 Å². The van der Waals surface area contributed by atoms with Crippen molar-refractivity contribution in [2.24, 2.45) is 0 Å². The van der Waals surface area contributed by atoms with E-state index in [1.54, 1.807) is 0 Å². The first kappa shape index (κ1) is 46.5. The van der Waals surface area contributed by atoms with Gasteiger partial charge in [-0.3, -0.25) is 0 Å². The Morgan fingerprint density at radius 1 is 0.203 bits per heavy atom. The van der Waals surface area contributed by atoms with Gasteiger partial charge in [-0.05, 0) is 140 Å². The molecule has 0 aliphatic heterocycles. The molecule has 15 rings (SSSR count). The predicted octanol–water partition coefficient (Wildman–Crippen LogP) is 21.5. The summed E-state index contributed by atoms with van der Waals surface area (Å²) in [7, 11) is 0. The van der Waals surface area contributed by atoms with E-state index in [9.17, 15) is 0 Å². The Kier molecular flexibility index (Phi) is 11.6. The van der Waals surface area contributed by atoms with Crippen LogP contribution in [0.4, 0.5) is 0 Å². The topological polar surface area (TPSA) is 38.9 Å². The van der Waals surface area contributed by atoms with E-state index >= 15 is 0 Å². The number of hydrogen-bond donors (Lipinski definition) is 0. The summed E-state index contributed by atoms with van der Waals surface area (Å²) in [5.74, 6) is 0.950. The van der Waals surface area contributed by atoms with Gasteiger partial charge in [-0.15, -0.1) is 32.9 Å². The Hall–Kier alpha value is -9.78. The lowest BCUT2D eigenvalue weighted by atomic mass is 9.93. The molecule has 0 N–H and O–H groups in total. The van der Waals surface area contributed by atoms with Crippen molar-refractivity contribution in [2.75, 3.05) is 0 Å². The van der Waals surface area contributed by atoms with Crippen molar-refractivity contribution in [1.29, 1.82) is 0 Å². The first-order valence-electron chi connectivity index (χ1n) is 26.6. The monoisotopic (exact) mass is 1040 g/mol. The third kappa shape index (κ3) is 8.53. The van der Waals surface area contributed by atoms with Crippen LogP contribution in [0.5, 0.6) is 0 Å². The first-order valence-corrected chi connectivity index (χ1v) is 28.2. The van der Waals surface area contributed by atoms with Gasteiger partial charge >= 0.3 is 0 Å². The van der Waals surface area contributed by atoms with Crippen molar-refractivity contribution >= 4 is 63.0 Å². The van der Waals surface area contributed by atoms with Gasteiger partial charge in [0.2, 0.25) is 11.8 Å². The molecule has 3 nitrogen and oxygen atoms in total. The summed E-state index contributed by atoms with van der Waals surface area (Å²) in [5, 5.41) is 14.2. The summed E-state index contributed by atoms with van der Waals surface area (Å²) in [6.45, 7) is 0. The lowest BCUT2D eigenvalue weighted by Gasteiger charge is -2.10. The second-order valence-electron chi connectivity index (χ2n) is 20.1. The fourth-order valence-electron chi connectivity index (χ4n) is 11.3. The highest BCUT2D eigenvalue weighted by atomic mass is 32.1. The quantitative estimate of drug-likeness (QED) is 0.137. The maximum absolute atomic E-state index is 6.51. The zero-order chi connectivity index (χ0) is 52.2. The smallest absolute Gasteiger partial charge is 0.248 e. The van der Waals surface area contributed by atoms with Gasteiger partial charge in [0.05, 0.1) is 0 Å². The van der Waals surface area contributed by atoms with Gasteiger partial charge in [0, 0.05) is 73.7 Å². The molecular weight excluding hydrogens is 997 g/mol. The highest BCUT2D eigenvalue weighted by molar-refractivity contribution is 7.27. The Morgan fingerprint density at radius 2 is 0.418 bits per heavy atom. The Labute approximate surface area is 465 Å². The van der Waals surface area contributed by atoms with Crippen molar-refractivity contribution < 1.29 is 4.42 Å². The number of hydrogen-bond acceptors (Lipinski definition) is 5. The van der Waals surface area contributed by atoms with Crippen molar-refractivity contribution in [2.45, 2.75) is 0 Å². The molecule has 370 valence electrons. The predicted molar refractivity (Wildman–Crippen MR) is 334 cm³/mol. The van der Waals surface area contributed by atoms with Crippen LogP contribution in [-0.2, 0) is 0 Å². The standard InChI is InChI=1S/C74H46N2OS2/c1-7-19-47(20-8-1)57-39-61(51-27-15-5-16-28-51)69-65(43-57)67-45-59(49-23-11-3-12-24-49)41-63(71(67)78-69)53-31-35-55(36-32-53)73-75-76-74(77-73)56-37-33-54(34-38-56)64-42-60(50-25-13-4-14-26-50)46-68-66-44-58(48-21-9-2-10-22-48)40-62(70(66)79-72(64)68)52-29-17-6-18-30-52/h1-46H. The van der Waals surface area contributed by atoms with Gasteiger partial charge < -0.3 is 4.42 Å². The molecule has 0 aliphatic carbocycles. The molecule has 0 saturated heterocycles. The summed E-state index contributed by atoms with van der Waals surface area (Å²) in [6.07, 6.45) is 0. The number of nitrogens with zero attached hydrogens (tertiary/aromatic N) is 2. The summed E-state index contributed by atoms with van der Waals surface area (Å²) in [5.41, 5.74) is 20.8. The molecule has 12 aromatic carbocycles. The average molecular weight is 1040 g/mol. The molecular formula is C74H46N2OS2. The van der Waals surface area contributed by atoms with Gasteiger partial charge in [0.1, 0.15) is 0 Å². The molecule has 0 atom stereocenters. The molecule has 0 spiro atoms. The van der Waals surface area contributed by atoms with E-state index in [0.717, 1.165) is 22.3 Å². The lowest BCUT2D eigenvalue weighted by molar-refractivity contribution is 0.584.